The molecule has 0 unspecified atom stereocenters. The van der Waals surface area contributed by atoms with E-state index >= 15 is 0 Å². The van der Waals surface area contributed by atoms with Crippen molar-refractivity contribution < 1.29 is 18.6 Å². The van der Waals surface area contributed by atoms with Crippen LogP contribution in [0.3, 0.4) is 0 Å². The Balaban J connectivity index is 1.24. The zero-order valence-electron chi connectivity index (χ0n) is 20.7. The number of aromatic nitrogens is 2. The normalized spacial score (nSPS) is 11.2. The highest BCUT2D eigenvalue weighted by molar-refractivity contribution is 5.89. The molecule has 6 nitrogen and oxygen atoms in total. The van der Waals surface area contributed by atoms with Crippen LogP contribution in [0.2, 0.25) is 0 Å². The van der Waals surface area contributed by atoms with E-state index in [4.69, 9.17) is 23.6 Å². The van der Waals surface area contributed by atoms with Crippen LogP contribution in [0.5, 0.6) is 17.2 Å². The number of fused-ring (bicyclic) bond motifs is 2. The van der Waals surface area contributed by atoms with Gasteiger partial charge in [0.1, 0.15) is 47.4 Å². The fourth-order valence-corrected chi connectivity index (χ4v) is 4.30. The summed E-state index contributed by atoms with van der Waals surface area (Å²) in [5, 5.41) is 0.862. The molecule has 0 atom stereocenters. The van der Waals surface area contributed by atoms with Crippen LogP contribution in [0, 0.1) is 6.92 Å². The van der Waals surface area contributed by atoms with Gasteiger partial charge in [0.05, 0.1) is 12.5 Å². The fourth-order valence-electron chi connectivity index (χ4n) is 4.30. The second kappa shape index (κ2) is 9.74. The molecule has 0 radical (unpaired) electrons. The van der Waals surface area contributed by atoms with E-state index in [0.717, 1.165) is 39.2 Å². The van der Waals surface area contributed by atoms with Crippen molar-refractivity contribution in [3.8, 4) is 28.7 Å². The van der Waals surface area contributed by atoms with Crippen LogP contribution < -0.4 is 14.2 Å². The molecular formula is C31H26N2O4. The summed E-state index contributed by atoms with van der Waals surface area (Å²) in [6, 6.07) is 27.8. The number of hydrogen-bond acceptors (Lipinski definition) is 5. The molecule has 37 heavy (non-hydrogen) atoms. The Hall–Kier alpha value is -4.71. The first-order valence-electron chi connectivity index (χ1n) is 12.1. The van der Waals surface area contributed by atoms with E-state index in [1.54, 1.807) is 7.11 Å². The smallest absolute Gasteiger partial charge is 0.155 e. The Labute approximate surface area is 214 Å². The van der Waals surface area contributed by atoms with Crippen LogP contribution in [-0.4, -0.2) is 16.5 Å². The molecule has 6 aromatic rings. The maximum atomic E-state index is 6.27. The van der Waals surface area contributed by atoms with E-state index in [2.05, 4.69) is 6.92 Å². The first-order valence-corrected chi connectivity index (χ1v) is 12.1. The van der Waals surface area contributed by atoms with Crippen molar-refractivity contribution in [3.63, 3.8) is 0 Å². The van der Waals surface area contributed by atoms with Crippen LogP contribution in [0.25, 0.3) is 28.1 Å². The van der Waals surface area contributed by atoms with Gasteiger partial charge < -0.3 is 23.0 Å². The third-order valence-corrected chi connectivity index (χ3v) is 6.20. The van der Waals surface area contributed by atoms with Gasteiger partial charge in [0.15, 0.2) is 5.76 Å². The Morgan fingerprint density at radius 3 is 2.49 bits per heavy atom. The maximum absolute atomic E-state index is 6.27. The summed E-state index contributed by atoms with van der Waals surface area (Å²) in [5.41, 5.74) is 5.59. The standard InChI is InChI=1S/C31H26N2O4/c1-21-11-12-31-32-27(18-33(31)17-21)30-16-26-28(14-25(34-2)15-29(26)37-30)36-20-23-9-6-10-24(13-23)35-19-22-7-4-3-5-8-22/h3-18H,19-20H2,1-2H3. The highest BCUT2D eigenvalue weighted by atomic mass is 16.5. The lowest BCUT2D eigenvalue weighted by atomic mass is 10.2. The number of furan rings is 1. The van der Waals surface area contributed by atoms with Crippen LogP contribution in [-0.2, 0) is 13.2 Å². The Morgan fingerprint density at radius 1 is 0.784 bits per heavy atom. The Morgan fingerprint density at radius 2 is 1.62 bits per heavy atom. The lowest BCUT2D eigenvalue weighted by Crippen LogP contribution is -1.99. The monoisotopic (exact) mass is 490 g/mol. The molecule has 0 aliphatic carbocycles. The molecule has 6 heteroatoms. The predicted molar refractivity (Wildman–Crippen MR) is 143 cm³/mol. The van der Waals surface area contributed by atoms with Gasteiger partial charge in [0.2, 0.25) is 0 Å². The number of pyridine rings is 1. The maximum Gasteiger partial charge on any atom is 0.155 e. The molecule has 0 aliphatic heterocycles. The van der Waals surface area contributed by atoms with Gasteiger partial charge in [-0.1, -0.05) is 48.5 Å². The lowest BCUT2D eigenvalue weighted by molar-refractivity contribution is 0.296. The number of benzene rings is 3. The third kappa shape index (κ3) is 4.86. The topological polar surface area (TPSA) is 58.1 Å². The van der Waals surface area contributed by atoms with Crippen LogP contribution >= 0.6 is 0 Å². The van der Waals surface area contributed by atoms with E-state index in [1.165, 1.54) is 0 Å². The summed E-state index contributed by atoms with van der Waals surface area (Å²) in [4.78, 5) is 4.72. The van der Waals surface area contributed by atoms with E-state index in [1.807, 2.05) is 102 Å². The molecule has 0 fully saturated rings. The first kappa shape index (κ1) is 22.7. The molecule has 0 aliphatic rings. The van der Waals surface area contributed by atoms with Gasteiger partial charge in [-0.15, -0.1) is 0 Å². The van der Waals surface area contributed by atoms with Gasteiger partial charge in [-0.05, 0) is 47.9 Å². The molecule has 0 saturated carbocycles. The van der Waals surface area contributed by atoms with Crippen molar-refractivity contribution in [1.29, 1.82) is 0 Å². The average molecular weight is 491 g/mol. The average Bonchev–Trinajstić information content (AvgIpc) is 3.55. The zero-order valence-corrected chi connectivity index (χ0v) is 20.7. The zero-order chi connectivity index (χ0) is 25.2. The molecular weight excluding hydrogens is 464 g/mol. The van der Waals surface area contributed by atoms with E-state index in [9.17, 15) is 0 Å². The van der Waals surface area contributed by atoms with Crippen LogP contribution in [0.1, 0.15) is 16.7 Å². The summed E-state index contributed by atoms with van der Waals surface area (Å²) in [5.74, 6) is 2.81. The van der Waals surface area contributed by atoms with Crippen molar-refractivity contribution >= 4 is 16.6 Å². The molecule has 3 aromatic heterocycles. The quantitative estimate of drug-likeness (QED) is 0.225. The number of rotatable bonds is 8. The molecule has 184 valence electrons. The van der Waals surface area contributed by atoms with Crippen molar-refractivity contribution in [2.45, 2.75) is 20.1 Å². The highest BCUT2D eigenvalue weighted by Gasteiger charge is 2.16. The first-order chi connectivity index (χ1) is 18.1. The fraction of sp³-hybridized carbons (Fsp3) is 0.129. The van der Waals surface area contributed by atoms with Gasteiger partial charge in [-0.2, -0.15) is 0 Å². The summed E-state index contributed by atoms with van der Waals surface area (Å²) >= 11 is 0. The molecule has 0 spiro atoms. The number of ether oxygens (including phenoxy) is 3. The number of imidazole rings is 1. The van der Waals surface area contributed by atoms with E-state index in [0.29, 0.717) is 36.1 Å². The SMILES string of the molecule is COc1cc(OCc2cccc(OCc3ccccc3)c2)c2cc(-c3cn4cc(C)ccc4n3)oc2c1. The molecule has 3 heterocycles. The molecule has 0 saturated heterocycles. The number of aryl methyl sites for hydroxylation is 1. The summed E-state index contributed by atoms with van der Waals surface area (Å²) in [7, 11) is 1.63. The highest BCUT2D eigenvalue weighted by Crippen LogP contribution is 2.37. The minimum atomic E-state index is 0.374. The molecule has 0 N–H and O–H groups in total. The summed E-state index contributed by atoms with van der Waals surface area (Å²) in [6.45, 7) is 2.95. The second-order valence-electron chi connectivity index (χ2n) is 8.96. The Bertz CT molecular complexity index is 1680. The van der Waals surface area contributed by atoms with Crippen molar-refractivity contribution in [3.05, 3.63) is 114 Å². The van der Waals surface area contributed by atoms with Crippen molar-refractivity contribution in [1.82, 2.24) is 9.38 Å². The van der Waals surface area contributed by atoms with Gasteiger partial charge in [0, 0.05) is 24.5 Å². The van der Waals surface area contributed by atoms with Gasteiger partial charge in [0.25, 0.3) is 0 Å². The van der Waals surface area contributed by atoms with Gasteiger partial charge in [-0.3, -0.25) is 0 Å². The minimum Gasteiger partial charge on any atom is -0.496 e. The van der Waals surface area contributed by atoms with Crippen molar-refractivity contribution in [2.24, 2.45) is 0 Å². The number of methoxy groups -OCH3 is 1. The van der Waals surface area contributed by atoms with Gasteiger partial charge >= 0.3 is 0 Å². The number of hydrogen-bond donors (Lipinski definition) is 0. The summed E-state index contributed by atoms with van der Waals surface area (Å²) in [6.07, 6.45) is 4.02. The molecule has 0 bridgehead atoms. The van der Waals surface area contributed by atoms with Crippen LogP contribution in [0.4, 0.5) is 0 Å². The number of nitrogens with zero attached hydrogens (tertiary/aromatic N) is 2. The largest absolute Gasteiger partial charge is 0.496 e. The molecule has 3 aromatic carbocycles. The van der Waals surface area contributed by atoms with Crippen LogP contribution in [0.15, 0.2) is 102 Å². The Kier molecular flexibility index (Phi) is 5.98. The predicted octanol–water partition coefficient (Wildman–Crippen LogP) is 7.22. The van der Waals surface area contributed by atoms with Crippen molar-refractivity contribution in [2.75, 3.05) is 7.11 Å². The molecule has 6 rings (SSSR count). The lowest BCUT2D eigenvalue weighted by Gasteiger charge is -2.11. The summed E-state index contributed by atoms with van der Waals surface area (Å²) < 4.78 is 25.9. The van der Waals surface area contributed by atoms with E-state index in [-0.39, 0.29) is 0 Å². The third-order valence-electron chi connectivity index (χ3n) is 6.20. The second-order valence-corrected chi connectivity index (χ2v) is 8.96. The molecule has 0 amide bonds. The van der Waals surface area contributed by atoms with Gasteiger partial charge in [-0.25, -0.2) is 4.98 Å². The van der Waals surface area contributed by atoms with E-state index < -0.39 is 0 Å². The minimum absolute atomic E-state index is 0.374.